The molecule has 0 saturated heterocycles. The maximum absolute atomic E-state index is 6.30. The van der Waals surface area contributed by atoms with E-state index in [-0.39, 0.29) is 0 Å². The second kappa shape index (κ2) is 10.3. The minimum atomic E-state index is 0.593. The summed E-state index contributed by atoms with van der Waals surface area (Å²) in [5, 5.41) is 11.5. The number of aromatic nitrogens is 3. The lowest BCUT2D eigenvalue weighted by molar-refractivity contribution is 0.668. The Kier molecular flexibility index (Phi) is 5.60. The molecule has 0 spiro atoms. The van der Waals surface area contributed by atoms with Gasteiger partial charge in [-0.15, -0.1) is 0 Å². The smallest absolute Gasteiger partial charge is 0.164 e. The van der Waals surface area contributed by atoms with Crippen LogP contribution in [0.5, 0.6) is 0 Å². The Bertz CT molecular complexity index is 3160. The van der Waals surface area contributed by atoms with Crippen molar-refractivity contribution in [1.29, 1.82) is 0 Å². The molecule has 0 atom stereocenters. The molecule has 0 N–H and O–H groups in total. The van der Waals surface area contributed by atoms with Crippen molar-refractivity contribution < 1.29 is 8.83 Å². The third-order valence-electron chi connectivity index (χ3n) is 9.88. The van der Waals surface area contributed by atoms with E-state index in [4.69, 9.17) is 23.8 Å². The molecule has 0 aliphatic heterocycles. The van der Waals surface area contributed by atoms with E-state index in [1.807, 2.05) is 66.7 Å². The Morgan fingerprint density at radius 1 is 0.300 bits per heavy atom. The zero-order valence-corrected chi connectivity index (χ0v) is 26.6. The fourth-order valence-corrected chi connectivity index (χ4v) is 7.54. The molecule has 0 radical (unpaired) electrons. The number of hydrogen-bond donors (Lipinski definition) is 0. The molecular formula is C45H25N3O2. The first kappa shape index (κ1) is 27.1. The molecule has 3 aromatic heterocycles. The number of fused-ring (bicyclic) bond motifs is 12. The summed E-state index contributed by atoms with van der Waals surface area (Å²) in [6.45, 7) is 0. The molecule has 8 aromatic carbocycles. The van der Waals surface area contributed by atoms with Crippen LogP contribution in [0.2, 0.25) is 0 Å². The maximum atomic E-state index is 6.30. The predicted molar refractivity (Wildman–Crippen MR) is 203 cm³/mol. The topological polar surface area (TPSA) is 65.0 Å². The van der Waals surface area contributed by atoms with Gasteiger partial charge in [0.05, 0.1) is 0 Å². The van der Waals surface area contributed by atoms with Crippen molar-refractivity contribution in [3.63, 3.8) is 0 Å². The Morgan fingerprint density at radius 2 is 0.840 bits per heavy atom. The molecule has 5 heteroatoms. The van der Waals surface area contributed by atoms with E-state index < -0.39 is 0 Å². The highest BCUT2D eigenvalue weighted by atomic mass is 16.3. The summed E-state index contributed by atoms with van der Waals surface area (Å²) < 4.78 is 12.5. The Labute approximate surface area is 285 Å². The molecule has 11 aromatic rings. The number of para-hydroxylation sites is 2. The van der Waals surface area contributed by atoms with Gasteiger partial charge < -0.3 is 8.83 Å². The molecule has 0 amide bonds. The van der Waals surface area contributed by atoms with Crippen LogP contribution in [0.15, 0.2) is 160 Å². The zero-order valence-electron chi connectivity index (χ0n) is 26.6. The number of rotatable bonds is 3. The minimum Gasteiger partial charge on any atom is -0.456 e. The zero-order chi connectivity index (χ0) is 32.8. The van der Waals surface area contributed by atoms with E-state index in [0.717, 1.165) is 66.0 Å². The van der Waals surface area contributed by atoms with Gasteiger partial charge in [-0.1, -0.05) is 115 Å². The summed E-state index contributed by atoms with van der Waals surface area (Å²) in [5.41, 5.74) is 6.17. The Morgan fingerprint density at radius 3 is 1.62 bits per heavy atom. The van der Waals surface area contributed by atoms with Gasteiger partial charge in [-0.2, -0.15) is 0 Å². The highest BCUT2D eigenvalue weighted by Crippen LogP contribution is 2.41. The number of benzene rings is 8. The van der Waals surface area contributed by atoms with Gasteiger partial charge in [0, 0.05) is 43.6 Å². The van der Waals surface area contributed by atoms with Crippen molar-refractivity contribution in [2.24, 2.45) is 0 Å². The average molecular weight is 640 g/mol. The van der Waals surface area contributed by atoms with Crippen LogP contribution in [0.3, 0.4) is 0 Å². The van der Waals surface area contributed by atoms with Gasteiger partial charge in [-0.05, 0) is 63.3 Å². The fourth-order valence-electron chi connectivity index (χ4n) is 7.54. The van der Waals surface area contributed by atoms with Gasteiger partial charge in [-0.3, -0.25) is 0 Å². The summed E-state index contributed by atoms with van der Waals surface area (Å²) in [6, 6.07) is 52.2. The molecule has 0 aliphatic rings. The largest absolute Gasteiger partial charge is 0.456 e. The van der Waals surface area contributed by atoms with E-state index in [0.29, 0.717) is 17.5 Å². The third kappa shape index (κ3) is 4.04. The molecule has 0 fully saturated rings. The van der Waals surface area contributed by atoms with Gasteiger partial charge in [0.2, 0.25) is 0 Å². The van der Waals surface area contributed by atoms with Crippen molar-refractivity contribution in [1.82, 2.24) is 15.0 Å². The lowest BCUT2D eigenvalue weighted by Gasteiger charge is -2.12. The SMILES string of the molecule is c1ccc(-c2nc(-c3ccc4c(ccc5ccc6ccc7oc8ccccc8c7c6c54)c3)nc(-c3ccc4c(c3)oc3ccccc34)n2)cc1. The van der Waals surface area contributed by atoms with Gasteiger partial charge in [0.25, 0.3) is 0 Å². The van der Waals surface area contributed by atoms with E-state index >= 15 is 0 Å². The van der Waals surface area contributed by atoms with Crippen LogP contribution >= 0.6 is 0 Å². The highest BCUT2D eigenvalue weighted by molar-refractivity contribution is 6.31. The molecular weight excluding hydrogens is 615 g/mol. The predicted octanol–water partition coefficient (Wildman–Crippen LogP) is 12.1. The first-order valence-electron chi connectivity index (χ1n) is 16.7. The van der Waals surface area contributed by atoms with Crippen LogP contribution in [0.25, 0.3) is 110 Å². The highest BCUT2D eigenvalue weighted by Gasteiger charge is 2.17. The fraction of sp³-hybridized carbons (Fsp3) is 0. The van der Waals surface area contributed by atoms with Crippen LogP contribution in [0.1, 0.15) is 0 Å². The van der Waals surface area contributed by atoms with Crippen LogP contribution in [-0.4, -0.2) is 15.0 Å². The molecule has 232 valence electrons. The van der Waals surface area contributed by atoms with Crippen LogP contribution in [-0.2, 0) is 0 Å². The number of furan rings is 2. The molecule has 50 heavy (non-hydrogen) atoms. The Balaban J connectivity index is 1.13. The summed E-state index contributed by atoms with van der Waals surface area (Å²) in [5.74, 6) is 1.82. The quantitative estimate of drug-likeness (QED) is 0.180. The molecule has 0 saturated carbocycles. The molecule has 11 rings (SSSR count). The molecule has 0 unspecified atom stereocenters. The van der Waals surface area contributed by atoms with Gasteiger partial charge in [0.1, 0.15) is 22.3 Å². The van der Waals surface area contributed by atoms with E-state index in [2.05, 4.69) is 84.9 Å². The molecule has 3 heterocycles. The van der Waals surface area contributed by atoms with Crippen molar-refractivity contribution in [2.75, 3.05) is 0 Å². The lowest BCUT2D eigenvalue weighted by Crippen LogP contribution is -2.00. The van der Waals surface area contributed by atoms with Gasteiger partial charge in [0.15, 0.2) is 17.5 Å². The number of hydrogen-bond acceptors (Lipinski definition) is 5. The Hall–Kier alpha value is -6.85. The number of nitrogens with zero attached hydrogens (tertiary/aromatic N) is 3. The van der Waals surface area contributed by atoms with Crippen molar-refractivity contribution in [3.8, 4) is 34.2 Å². The van der Waals surface area contributed by atoms with Gasteiger partial charge >= 0.3 is 0 Å². The monoisotopic (exact) mass is 639 g/mol. The van der Waals surface area contributed by atoms with Crippen molar-refractivity contribution >= 4 is 76.2 Å². The first-order valence-corrected chi connectivity index (χ1v) is 16.7. The lowest BCUT2D eigenvalue weighted by atomic mass is 9.93. The van der Waals surface area contributed by atoms with E-state index in [1.165, 1.54) is 26.9 Å². The van der Waals surface area contributed by atoms with Crippen molar-refractivity contribution in [3.05, 3.63) is 152 Å². The average Bonchev–Trinajstić information content (AvgIpc) is 3.75. The van der Waals surface area contributed by atoms with Crippen LogP contribution in [0, 0.1) is 0 Å². The summed E-state index contributed by atoms with van der Waals surface area (Å²) in [7, 11) is 0. The first-order chi connectivity index (χ1) is 24.7. The maximum Gasteiger partial charge on any atom is 0.164 e. The normalized spacial score (nSPS) is 12.0. The van der Waals surface area contributed by atoms with Crippen LogP contribution in [0.4, 0.5) is 0 Å². The van der Waals surface area contributed by atoms with Crippen molar-refractivity contribution in [2.45, 2.75) is 0 Å². The second-order valence-corrected chi connectivity index (χ2v) is 12.8. The summed E-state index contributed by atoms with van der Waals surface area (Å²) in [4.78, 5) is 15.1. The minimum absolute atomic E-state index is 0.593. The summed E-state index contributed by atoms with van der Waals surface area (Å²) >= 11 is 0. The van der Waals surface area contributed by atoms with Gasteiger partial charge in [-0.25, -0.2) is 15.0 Å². The summed E-state index contributed by atoms with van der Waals surface area (Å²) in [6.07, 6.45) is 0. The second-order valence-electron chi connectivity index (χ2n) is 12.8. The molecule has 5 nitrogen and oxygen atoms in total. The molecule has 0 bridgehead atoms. The standard InChI is InChI=1S/C45H25N3O2/c1-2-8-28(9-3-1)43-46-44(48-45(47-43)31-19-22-34-33-10-4-6-12-36(33)50-39(34)25-31)30-18-21-32-29(24-30)17-16-26-14-15-27-20-23-38-42(41(27)40(26)32)35-11-5-7-13-37(35)49-38/h1-25H. The van der Waals surface area contributed by atoms with E-state index in [1.54, 1.807) is 0 Å². The van der Waals surface area contributed by atoms with Crippen LogP contribution < -0.4 is 0 Å². The third-order valence-corrected chi connectivity index (χ3v) is 9.88. The van der Waals surface area contributed by atoms with E-state index in [9.17, 15) is 0 Å². The molecule has 0 aliphatic carbocycles.